The van der Waals surface area contributed by atoms with E-state index in [4.69, 9.17) is 9.47 Å². The molecule has 1 aliphatic heterocycles. The molecular formula is C14H24O5. The van der Waals surface area contributed by atoms with Gasteiger partial charge in [0.1, 0.15) is 0 Å². The molecule has 2 rings (SSSR count). The lowest BCUT2D eigenvalue weighted by atomic mass is 9.65. The van der Waals surface area contributed by atoms with Crippen molar-refractivity contribution in [2.75, 3.05) is 0 Å². The van der Waals surface area contributed by atoms with E-state index in [-0.39, 0.29) is 11.8 Å². The first-order chi connectivity index (χ1) is 8.67. The second-order valence-electron chi connectivity index (χ2n) is 6.56. The first-order valence-electron chi connectivity index (χ1n) is 7.04. The smallest absolute Gasteiger partial charge is 0.385 e. The fourth-order valence-corrected chi connectivity index (χ4v) is 3.48. The number of carbonyl (C=O) groups excluding carboxylic acids is 1. The van der Waals surface area contributed by atoms with Crippen LogP contribution in [-0.2, 0) is 9.47 Å². The minimum atomic E-state index is -2.15. The maximum absolute atomic E-state index is 10.9. The van der Waals surface area contributed by atoms with E-state index in [2.05, 4.69) is 20.8 Å². The molecule has 2 fully saturated rings. The second-order valence-corrected chi connectivity index (χ2v) is 6.56. The molecule has 1 heterocycles. The highest BCUT2D eigenvalue weighted by Gasteiger charge is 2.65. The van der Waals surface area contributed by atoms with Gasteiger partial charge in [-0.2, -0.15) is 0 Å². The quantitative estimate of drug-likeness (QED) is 0.609. The van der Waals surface area contributed by atoms with Crippen molar-refractivity contribution in [3.8, 4) is 0 Å². The zero-order valence-electron chi connectivity index (χ0n) is 12.0. The van der Waals surface area contributed by atoms with Crippen molar-refractivity contribution in [1.29, 1.82) is 0 Å². The number of rotatable bonds is 3. The van der Waals surface area contributed by atoms with E-state index < -0.39 is 17.7 Å². The van der Waals surface area contributed by atoms with Gasteiger partial charge in [-0.15, -0.1) is 0 Å². The molecule has 2 aliphatic rings. The lowest BCUT2D eigenvalue weighted by molar-refractivity contribution is -0.420. The van der Waals surface area contributed by atoms with Crippen LogP contribution >= 0.6 is 0 Å². The SMILES string of the molecule is CC(C)[C@H]1CC[C@H](C)C[C@@H]1C(O)(O)C1(C)OC(=O)O1. The molecule has 0 amide bonds. The van der Waals surface area contributed by atoms with Crippen LogP contribution in [0.2, 0.25) is 0 Å². The Kier molecular flexibility index (Phi) is 3.56. The molecule has 0 aromatic heterocycles. The van der Waals surface area contributed by atoms with Crippen LogP contribution in [0, 0.1) is 23.7 Å². The van der Waals surface area contributed by atoms with Gasteiger partial charge >= 0.3 is 11.9 Å². The highest BCUT2D eigenvalue weighted by molar-refractivity contribution is 5.66. The predicted molar refractivity (Wildman–Crippen MR) is 68.0 cm³/mol. The molecule has 19 heavy (non-hydrogen) atoms. The molecule has 5 nitrogen and oxygen atoms in total. The van der Waals surface area contributed by atoms with E-state index in [1.54, 1.807) is 0 Å². The van der Waals surface area contributed by atoms with Gasteiger partial charge in [-0.05, 0) is 30.6 Å². The van der Waals surface area contributed by atoms with Crippen molar-refractivity contribution in [2.24, 2.45) is 23.7 Å². The summed E-state index contributed by atoms with van der Waals surface area (Å²) in [6.07, 6.45) is 1.90. The van der Waals surface area contributed by atoms with E-state index in [9.17, 15) is 15.0 Å². The summed E-state index contributed by atoms with van der Waals surface area (Å²) < 4.78 is 9.69. The van der Waals surface area contributed by atoms with E-state index >= 15 is 0 Å². The summed E-state index contributed by atoms with van der Waals surface area (Å²) in [5.74, 6) is -3.18. The van der Waals surface area contributed by atoms with Crippen LogP contribution in [0.5, 0.6) is 0 Å². The van der Waals surface area contributed by atoms with Crippen LogP contribution in [0.1, 0.15) is 47.0 Å². The molecule has 3 atom stereocenters. The Balaban J connectivity index is 2.22. The van der Waals surface area contributed by atoms with Gasteiger partial charge in [-0.3, -0.25) is 0 Å². The number of cyclic esters (lactones) is 2. The summed E-state index contributed by atoms with van der Waals surface area (Å²) in [7, 11) is 0. The lowest BCUT2D eigenvalue weighted by Gasteiger charge is -2.51. The van der Waals surface area contributed by atoms with Crippen molar-refractivity contribution >= 4 is 6.16 Å². The number of carbonyl (C=O) groups is 1. The predicted octanol–water partition coefficient (Wildman–Crippen LogP) is 2.26. The summed E-state index contributed by atoms with van der Waals surface area (Å²) in [5.41, 5.74) is 0. The topological polar surface area (TPSA) is 76.0 Å². The Labute approximate surface area is 113 Å². The Morgan fingerprint density at radius 2 is 1.89 bits per heavy atom. The zero-order chi connectivity index (χ0) is 14.4. The Bertz CT molecular complexity index is 355. The van der Waals surface area contributed by atoms with E-state index in [1.807, 2.05) is 0 Å². The van der Waals surface area contributed by atoms with Crippen LogP contribution in [0.25, 0.3) is 0 Å². The summed E-state index contributed by atoms with van der Waals surface area (Å²) in [4.78, 5) is 10.9. The average molecular weight is 272 g/mol. The van der Waals surface area contributed by atoms with Crippen molar-refractivity contribution in [3.63, 3.8) is 0 Å². The van der Waals surface area contributed by atoms with Crippen LogP contribution < -0.4 is 0 Å². The Morgan fingerprint density at radius 3 is 2.37 bits per heavy atom. The maximum Gasteiger partial charge on any atom is 0.515 e. The van der Waals surface area contributed by atoms with Crippen molar-refractivity contribution in [2.45, 2.75) is 58.5 Å². The molecule has 2 N–H and O–H groups in total. The van der Waals surface area contributed by atoms with Gasteiger partial charge in [-0.1, -0.05) is 27.2 Å². The number of aliphatic hydroxyl groups is 2. The second kappa shape index (κ2) is 4.63. The fourth-order valence-electron chi connectivity index (χ4n) is 3.48. The summed E-state index contributed by atoms with van der Waals surface area (Å²) in [6.45, 7) is 7.68. The van der Waals surface area contributed by atoms with Crippen LogP contribution in [0.4, 0.5) is 4.79 Å². The van der Waals surface area contributed by atoms with E-state index in [0.29, 0.717) is 18.3 Å². The van der Waals surface area contributed by atoms with Gasteiger partial charge in [0.15, 0.2) is 0 Å². The normalized spacial score (nSPS) is 34.5. The first kappa shape index (κ1) is 14.6. The molecule has 0 bridgehead atoms. The highest BCUT2D eigenvalue weighted by atomic mass is 16.9. The minimum absolute atomic E-state index is 0.186. The molecule has 1 saturated heterocycles. The van der Waals surface area contributed by atoms with Crippen molar-refractivity contribution in [3.05, 3.63) is 0 Å². The van der Waals surface area contributed by atoms with Gasteiger partial charge in [0.05, 0.1) is 0 Å². The van der Waals surface area contributed by atoms with Crippen molar-refractivity contribution < 1.29 is 24.5 Å². The van der Waals surface area contributed by atoms with Gasteiger partial charge in [0.25, 0.3) is 0 Å². The molecule has 1 saturated carbocycles. The number of ether oxygens (including phenoxy) is 2. The lowest BCUT2D eigenvalue weighted by Crippen LogP contribution is -2.68. The third kappa shape index (κ3) is 2.34. The average Bonchev–Trinajstić information content (AvgIpc) is 2.26. The Morgan fingerprint density at radius 1 is 1.32 bits per heavy atom. The monoisotopic (exact) mass is 272 g/mol. The first-order valence-corrected chi connectivity index (χ1v) is 7.04. The summed E-state index contributed by atoms with van der Waals surface area (Å²) in [5, 5.41) is 21.1. The third-order valence-electron chi connectivity index (χ3n) is 4.76. The molecular weight excluding hydrogens is 248 g/mol. The van der Waals surface area contributed by atoms with Gasteiger partial charge < -0.3 is 19.7 Å². The van der Waals surface area contributed by atoms with Gasteiger partial charge in [0, 0.05) is 12.8 Å². The third-order valence-corrected chi connectivity index (χ3v) is 4.76. The van der Waals surface area contributed by atoms with Crippen LogP contribution in [0.3, 0.4) is 0 Å². The van der Waals surface area contributed by atoms with Crippen molar-refractivity contribution in [1.82, 2.24) is 0 Å². The maximum atomic E-state index is 10.9. The zero-order valence-corrected chi connectivity index (χ0v) is 12.0. The van der Waals surface area contributed by atoms with E-state index in [0.717, 1.165) is 12.8 Å². The molecule has 0 unspecified atom stereocenters. The molecule has 110 valence electrons. The van der Waals surface area contributed by atoms with E-state index in [1.165, 1.54) is 6.92 Å². The summed E-state index contributed by atoms with van der Waals surface area (Å²) in [6, 6.07) is 0. The number of hydrogen-bond acceptors (Lipinski definition) is 5. The highest BCUT2D eigenvalue weighted by Crippen LogP contribution is 2.49. The standard InChI is InChI=1S/C14H24O5/c1-8(2)10-6-5-9(3)7-11(10)14(16,17)13(4)18-12(15)19-13/h8-11,16-17H,5-7H2,1-4H3/t9-,10+,11-/m0/s1. The molecule has 0 aromatic rings. The molecule has 1 aliphatic carbocycles. The van der Waals surface area contributed by atoms with Gasteiger partial charge in [-0.25, -0.2) is 4.79 Å². The fraction of sp³-hybridized carbons (Fsp3) is 0.929. The molecule has 5 heteroatoms. The molecule has 0 aromatic carbocycles. The summed E-state index contributed by atoms with van der Waals surface area (Å²) >= 11 is 0. The molecule has 0 radical (unpaired) electrons. The van der Waals surface area contributed by atoms with Crippen LogP contribution in [0.15, 0.2) is 0 Å². The minimum Gasteiger partial charge on any atom is -0.385 e. The van der Waals surface area contributed by atoms with Gasteiger partial charge in [0.2, 0.25) is 5.79 Å². The molecule has 0 spiro atoms. The van der Waals surface area contributed by atoms with Crippen LogP contribution in [-0.4, -0.2) is 27.9 Å². The number of hydrogen-bond donors (Lipinski definition) is 2. The largest absolute Gasteiger partial charge is 0.515 e. The Hall–Kier alpha value is -0.810.